The van der Waals surface area contributed by atoms with Crippen molar-refractivity contribution in [3.8, 4) is 0 Å². The highest BCUT2D eigenvalue weighted by Crippen LogP contribution is 2.38. The minimum absolute atomic E-state index is 0.0801. The lowest BCUT2D eigenvalue weighted by molar-refractivity contribution is -0.116. The number of carbonyl (C=O) groups is 1. The van der Waals surface area contributed by atoms with Gasteiger partial charge in [0.1, 0.15) is 5.25 Å². The first kappa shape index (κ1) is 19.8. The van der Waals surface area contributed by atoms with Crippen molar-refractivity contribution in [2.75, 3.05) is 10.7 Å². The second kappa shape index (κ2) is 8.08. The number of fused-ring (bicyclic) bond motifs is 1. The summed E-state index contributed by atoms with van der Waals surface area (Å²) in [5.41, 5.74) is 7.45. The molecule has 2 atom stereocenters. The zero-order chi connectivity index (χ0) is 20.5. The van der Waals surface area contributed by atoms with Gasteiger partial charge in [-0.15, -0.1) is 10.2 Å². The lowest BCUT2D eigenvalue weighted by atomic mass is 10.0. The van der Waals surface area contributed by atoms with Crippen LogP contribution in [-0.2, 0) is 11.2 Å². The highest BCUT2D eigenvalue weighted by atomic mass is 35.5. The minimum atomic E-state index is -0.419. The van der Waals surface area contributed by atoms with Crippen molar-refractivity contribution in [2.24, 2.45) is 0 Å². The molecule has 150 valence electrons. The number of nitrogens with one attached hydrogen (secondary N) is 2. The van der Waals surface area contributed by atoms with Crippen LogP contribution >= 0.6 is 23.4 Å². The van der Waals surface area contributed by atoms with Crippen LogP contribution in [0.25, 0.3) is 0 Å². The maximum absolute atomic E-state index is 13.3. The Balaban J connectivity index is 1.69. The van der Waals surface area contributed by atoms with Crippen molar-refractivity contribution < 1.29 is 4.79 Å². The second-order valence-electron chi connectivity index (χ2n) is 7.02. The highest BCUT2D eigenvalue weighted by Gasteiger charge is 2.37. The van der Waals surface area contributed by atoms with E-state index in [1.54, 1.807) is 0 Å². The van der Waals surface area contributed by atoms with Crippen LogP contribution in [0.4, 0.5) is 5.69 Å². The third-order valence-corrected chi connectivity index (χ3v) is 6.64. The van der Waals surface area contributed by atoms with Crippen molar-refractivity contribution in [3.05, 3.63) is 70.0 Å². The fourth-order valence-electron chi connectivity index (χ4n) is 3.34. The van der Waals surface area contributed by atoms with Gasteiger partial charge >= 0.3 is 0 Å². The van der Waals surface area contributed by atoms with Gasteiger partial charge in [0.15, 0.2) is 5.82 Å². The summed E-state index contributed by atoms with van der Waals surface area (Å²) in [5.74, 6) is 0.753. The molecule has 29 heavy (non-hydrogen) atoms. The summed E-state index contributed by atoms with van der Waals surface area (Å²) < 4.78 is 1.88. The Morgan fingerprint density at radius 3 is 2.69 bits per heavy atom. The van der Waals surface area contributed by atoms with Crippen LogP contribution in [-0.4, -0.2) is 26.0 Å². The van der Waals surface area contributed by atoms with Crippen LogP contribution in [0.2, 0.25) is 5.02 Å². The first-order valence-electron chi connectivity index (χ1n) is 9.48. The molecule has 0 saturated heterocycles. The monoisotopic (exact) mass is 427 g/mol. The molecule has 2 aromatic carbocycles. The van der Waals surface area contributed by atoms with E-state index >= 15 is 0 Å². The lowest BCUT2D eigenvalue weighted by Crippen LogP contribution is -2.41. The van der Waals surface area contributed by atoms with E-state index < -0.39 is 5.25 Å². The molecule has 2 heterocycles. The van der Waals surface area contributed by atoms with Gasteiger partial charge in [0, 0.05) is 17.1 Å². The van der Waals surface area contributed by atoms with E-state index in [2.05, 4.69) is 20.9 Å². The molecule has 0 unspecified atom stereocenters. The molecule has 3 aromatic rings. The Kier molecular flexibility index (Phi) is 5.52. The predicted molar refractivity (Wildman–Crippen MR) is 117 cm³/mol. The summed E-state index contributed by atoms with van der Waals surface area (Å²) in [6.07, 6.45) is 0.743. The van der Waals surface area contributed by atoms with Crippen LogP contribution in [0, 0.1) is 13.8 Å². The molecular formula is C21H22ClN5OS. The summed E-state index contributed by atoms with van der Waals surface area (Å²) in [5, 5.41) is 12.5. The van der Waals surface area contributed by atoms with Crippen LogP contribution < -0.4 is 10.7 Å². The van der Waals surface area contributed by atoms with Crippen molar-refractivity contribution in [2.45, 2.75) is 43.6 Å². The summed E-state index contributed by atoms with van der Waals surface area (Å²) in [6.45, 7) is 6.07. The van der Waals surface area contributed by atoms with E-state index in [9.17, 15) is 4.79 Å². The number of halogens is 1. The molecule has 1 amide bonds. The number of hydrogen-bond acceptors (Lipinski definition) is 5. The number of aryl methyl sites for hydroxylation is 2. The highest BCUT2D eigenvalue weighted by molar-refractivity contribution is 8.00. The van der Waals surface area contributed by atoms with Gasteiger partial charge in [-0.05, 0) is 48.7 Å². The molecule has 0 radical (unpaired) electrons. The Hall–Kier alpha value is -2.51. The molecular weight excluding hydrogens is 406 g/mol. The van der Waals surface area contributed by atoms with Crippen molar-refractivity contribution >= 4 is 35.0 Å². The van der Waals surface area contributed by atoms with E-state index in [0.717, 1.165) is 34.6 Å². The number of anilines is 1. The van der Waals surface area contributed by atoms with Crippen molar-refractivity contribution in [1.29, 1.82) is 0 Å². The number of nitrogens with zero attached hydrogens (tertiary/aromatic N) is 3. The van der Waals surface area contributed by atoms with E-state index in [1.165, 1.54) is 11.8 Å². The number of rotatable bonds is 4. The van der Waals surface area contributed by atoms with Crippen LogP contribution in [0.3, 0.4) is 0 Å². The van der Waals surface area contributed by atoms with Crippen LogP contribution in [0.15, 0.2) is 47.6 Å². The number of thioether (sulfide) groups is 1. The normalized spacial score (nSPS) is 18.1. The molecule has 6 nitrogen and oxygen atoms in total. The Morgan fingerprint density at radius 2 is 1.97 bits per heavy atom. The van der Waals surface area contributed by atoms with E-state index in [0.29, 0.717) is 10.2 Å². The quantitative estimate of drug-likeness (QED) is 0.641. The van der Waals surface area contributed by atoms with Gasteiger partial charge in [-0.25, -0.2) is 4.68 Å². The molecule has 1 aliphatic heterocycles. The van der Waals surface area contributed by atoms with Crippen LogP contribution in [0.5, 0.6) is 0 Å². The molecule has 0 bridgehead atoms. The Labute approximate surface area is 179 Å². The Bertz CT molecular complexity index is 1050. The van der Waals surface area contributed by atoms with Crippen LogP contribution in [0.1, 0.15) is 35.5 Å². The topological polar surface area (TPSA) is 71.8 Å². The molecule has 0 aliphatic carbocycles. The van der Waals surface area contributed by atoms with E-state index in [1.807, 2.05) is 67.9 Å². The first-order chi connectivity index (χ1) is 14.0. The zero-order valence-electron chi connectivity index (χ0n) is 16.4. The number of carbonyl (C=O) groups excluding carboxylic acids is 1. The molecule has 0 spiro atoms. The molecule has 2 N–H and O–H groups in total. The van der Waals surface area contributed by atoms with E-state index in [4.69, 9.17) is 11.6 Å². The van der Waals surface area contributed by atoms with Gasteiger partial charge in [0.25, 0.3) is 0 Å². The smallest absolute Gasteiger partial charge is 0.240 e. The Morgan fingerprint density at radius 1 is 1.21 bits per heavy atom. The molecule has 0 fully saturated rings. The van der Waals surface area contributed by atoms with Gasteiger partial charge in [-0.1, -0.05) is 54.6 Å². The van der Waals surface area contributed by atoms with Crippen molar-refractivity contribution in [3.63, 3.8) is 0 Å². The minimum Gasteiger partial charge on any atom is -0.325 e. The number of hydrogen-bond donors (Lipinski definition) is 2. The first-order valence-corrected chi connectivity index (χ1v) is 10.7. The van der Waals surface area contributed by atoms with Gasteiger partial charge in [-0.2, -0.15) is 0 Å². The van der Waals surface area contributed by atoms with Crippen molar-refractivity contribution in [1.82, 2.24) is 14.9 Å². The summed E-state index contributed by atoms with van der Waals surface area (Å²) in [7, 11) is 0. The largest absolute Gasteiger partial charge is 0.325 e. The molecule has 8 heteroatoms. The predicted octanol–water partition coefficient (Wildman–Crippen LogP) is 4.51. The van der Waals surface area contributed by atoms with Gasteiger partial charge in [-0.3, -0.25) is 4.79 Å². The summed E-state index contributed by atoms with van der Waals surface area (Å²) in [4.78, 5) is 13.3. The fourth-order valence-corrected chi connectivity index (χ4v) is 4.56. The standard InChI is InChI=1S/C21H22ClN5OS/c1-4-17-24-25-21-27(17)26-18(14-8-10-15(22)11-9-14)19(29-21)20(28)23-16-7-5-6-12(2)13(16)3/h5-11,18-19,26H,4H2,1-3H3,(H,23,28)/t18-,19+/m1/s1. The maximum Gasteiger partial charge on any atom is 0.240 e. The van der Waals surface area contributed by atoms with Gasteiger partial charge < -0.3 is 10.7 Å². The average molecular weight is 428 g/mol. The molecule has 0 saturated carbocycles. The molecule has 4 rings (SSSR count). The molecule has 1 aromatic heterocycles. The van der Waals surface area contributed by atoms with Gasteiger partial charge in [0.2, 0.25) is 11.1 Å². The lowest BCUT2D eigenvalue weighted by Gasteiger charge is -2.33. The third-order valence-electron chi connectivity index (χ3n) is 5.17. The summed E-state index contributed by atoms with van der Waals surface area (Å²) >= 11 is 7.49. The zero-order valence-corrected chi connectivity index (χ0v) is 18.0. The fraction of sp³-hybridized carbons (Fsp3) is 0.286. The molecule has 1 aliphatic rings. The maximum atomic E-state index is 13.3. The number of benzene rings is 2. The van der Waals surface area contributed by atoms with E-state index in [-0.39, 0.29) is 11.9 Å². The summed E-state index contributed by atoms with van der Waals surface area (Å²) in [6, 6.07) is 13.2. The average Bonchev–Trinajstić information content (AvgIpc) is 3.13. The SMILES string of the molecule is CCc1nnc2n1N[C@H](c1ccc(Cl)cc1)[C@@H](C(=O)Nc1cccc(C)c1C)S2. The number of amides is 1. The van der Waals surface area contributed by atoms with Gasteiger partial charge in [0.05, 0.1) is 6.04 Å². The number of aromatic nitrogens is 3. The second-order valence-corrected chi connectivity index (χ2v) is 8.57. The third kappa shape index (κ3) is 3.84.